The lowest BCUT2D eigenvalue weighted by Gasteiger charge is -2.09. The van der Waals surface area contributed by atoms with E-state index in [2.05, 4.69) is 15.3 Å². The largest absolute Gasteiger partial charge is 0.379 e. The summed E-state index contributed by atoms with van der Waals surface area (Å²) < 4.78 is 5.23. The lowest BCUT2D eigenvalue weighted by atomic mass is 10.3. The first-order valence-electron chi connectivity index (χ1n) is 4.47. The smallest absolute Gasteiger partial charge is 0.222 e. The van der Waals surface area contributed by atoms with Gasteiger partial charge >= 0.3 is 0 Å². The van der Waals surface area contributed by atoms with Gasteiger partial charge in [0.25, 0.3) is 0 Å². The summed E-state index contributed by atoms with van der Waals surface area (Å²) in [5.74, 6) is 0.695. The molecule has 1 saturated heterocycles. The van der Waals surface area contributed by atoms with Crippen molar-refractivity contribution in [2.45, 2.75) is 19.4 Å². The summed E-state index contributed by atoms with van der Waals surface area (Å²) in [7, 11) is 0. The van der Waals surface area contributed by atoms with Gasteiger partial charge in [0.05, 0.1) is 12.6 Å². The number of rotatable bonds is 2. The summed E-state index contributed by atoms with van der Waals surface area (Å²) in [4.78, 5) is 8.33. The first-order chi connectivity index (χ1) is 6.34. The molecule has 1 fully saturated rings. The normalized spacial score (nSPS) is 21.8. The molecule has 0 saturated carbocycles. The second-order valence-corrected chi connectivity index (χ2v) is 3.29. The average Bonchev–Trinajstić information content (AvgIpc) is 2.62. The van der Waals surface area contributed by atoms with Gasteiger partial charge in [-0.25, -0.2) is 9.97 Å². The van der Waals surface area contributed by atoms with Crippen molar-refractivity contribution in [1.29, 1.82) is 0 Å². The topological polar surface area (TPSA) is 47.0 Å². The van der Waals surface area contributed by atoms with E-state index in [-0.39, 0.29) is 0 Å². The molecule has 0 aromatic carbocycles. The van der Waals surface area contributed by atoms with Gasteiger partial charge in [-0.1, -0.05) is 0 Å². The van der Waals surface area contributed by atoms with E-state index in [1.54, 1.807) is 0 Å². The summed E-state index contributed by atoms with van der Waals surface area (Å²) in [6.07, 6.45) is 4.66. The van der Waals surface area contributed by atoms with Crippen LogP contribution in [0.3, 0.4) is 0 Å². The molecular weight excluding hydrogens is 166 g/mol. The fourth-order valence-electron chi connectivity index (χ4n) is 1.30. The number of nitrogens with zero attached hydrogens (tertiary/aromatic N) is 2. The molecule has 13 heavy (non-hydrogen) atoms. The van der Waals surface area contributed by atoms with Crippen molar-refractivity contribution in [2.24, 2.45) is 0 Å². The quantitative estimate of drug-likeness (QED) is 0.735. The average molecular weight is 179 g/mol. The molecule has 1 aromatic heterocycles. The van der Waals surface area contributed by atoms with Crippen LogP contribution in [0.5, 0.6) is 0 Å². The van der Waals surface area contributed by atoms with Gasteiger partial charge in [0.1, 0.15) is 0 Å². The molecule has 1 aromatic rings. The van der Waals surface area contributed by atoms with E-state index in [0.29, 0.717) is 12.0 Å². The van der Waals surface area contributed by atoms with Gasteiger partial charge < -0.3 is 10.1 Å². The van der Waals surface area contributed by atoms with Crippen LogP contribution in [0, 0.1) is 6.92 Å². The number of anilines is 1. The minimum absolute atomic E-state index is 0.378. The molecule has 1 atom stereocenters. The van der Waals surface area contributed by atoms with E-state index in [4.69, 9.17) is 4.74 Å². The van der Waals surface area contributed by atoms with Crippen LogP contribution in [0.4, 0.5) is 5.95 Å². The minimum Gasteiger partial charge on any atom is -0.379 e. The molecule has 4 nitrogen and oxygen atoms in total. The van der Waals surface area contributed by atoms with Crippen molar-refractivity contribution in [2.75, 3.05) is 18.5 Å². The molecule has 0 spiro atoms. The van der Waals surface area contributed by atoms with Gasteiger partial charge in [-0.3, -0.25) is 0 Å². The number of aromatic nitrogens is 2. The Kier molecular flexibility index (Phi) is 2.40. The van der Waals surface area contributed by atoms with Crippen LogP contribution in [-0.2, 0) is 4.74 Å². The highest BCUT2D eigenvalue weighted by Crippen LogP contribution is 2.09. The first-order valence-corrected chi connectivity index (χ1v) is 4.47. The maximum Gasteiger partial charge on any atom is 0.222 e. The second kappa shape index (κ2) is 3.70. The number of hydrogen-bond donors (Lipinski definition) is 1. The third-order valence-corrected chi connectivity index (χ3v) is 2.04. The number of ether oxygens (including phenoxy) is 1. The van der Waals surface area contributed by atoms with Crippen LogP contribution in [0.25, 0.3) is 0 Å². The molecule has 0 radical (unpaired) electrons. The Morgan fingerprint density at radius 3 is 2.85 bits per heavy atom. The lowest BCUT2D eigenvalue weighted by Crippen LogP contribution is -2.20. The fraction of sp³-hybridized carbons (Fsp3) is 0.556. The summed E-state index contributed by atoms with van der Waals surface area (Å²) in [5.41, 5.74) is 1.08. The molecule has 0 bridgehead atoms. The predicted molar refractivity (Wildman–Crippen MR) is 49.6 cm³/mol. The van der Waals surface area contributed by atoms with E-state index in [1.807, 2.05) is 19.3 Å². The molecule has 1 aliphatic rings. The highest BCUT2D eigenvalue weighted by atomic mass is 16.5. The Balaban J connectivity index is 1.97. The van der Waals surface area contributed by atoms with Gasteiger partial charge in [0.2, 0.25) is 5.95 Å². The fourth-order valence-corrected chi connectivity index (χ4v) is 1.30. The van der Waals surface area contributed by atoms with Gasteiger partial charge in [-0.2, -0.15) is 0 Å². The van der Waals surface area contributed by atoms with Gasteiger partial charge in [0, 0.05) is 19.0 Å². The standard InChI is InChI=1S/C9H13N3O/c1-7-4-10-9(11-5-7)12-8-2-3-13-6-8/h4-5,8H,2-3,6H2,1H3,(H,10,11,12). The van der Waals surface area contributed by atoms with Gasteiger partial charge in [-0.15, -0.1) is 0 Å². The van der Waals surface area contributed by atoms with Crippen molar-refractivity contribution in [3.05, 3.63) is 18.0 Å². The van der Waals surface area contributed by atoms with E-state index >= 15 is 0 Å². The molecular formula is C9H13N3O. The third-order valence-electron chi connectivity index (χ3n) is 2.04. The van der Waals surface area contributed by atoms with Crippen LogP contribution < -0.4 is 5.32 Å². The summed E-state index contributed by atoms with van der Waals surface area (Å²) in [6, 6.07) is 0.378. The van der Waals surface area contributed by atoms with E-state index < -0.39 is 0 Å². The molecule has 1 N–H and O–H groups in total. The summed E-state index contributed by atoms with van der Waals surface area (Å²) in [5, 5.41) is 3.22. The Morgan fingerprint density at radius 2 is 2.23 bits per heavy atom. The van der Waals surface area contributed by atoms with Crippen LogP contribution in [0.2, 0.25) is 0 Å². The summed E-state index contributed by atoms with van der Waals surface area (Å²) >= 11 is 0. The molecule has 0 aliphatic carbocycles. The van der Waals surface area contributed by atoms with Crippen LogP contribution in [0.1, 0.15) is 12.0 Å². The number of nitrogens with one attached hydrogen (secondary N) is 1. The van der Waals surface area contributed by atoms with E-state index in [9.17, 15) is 0 Å². The zero-order chi connectivity index (χ0) is 9.10. The zero-order valence-electron chi connectivity index (χ0n) is 7.66. The highest BCUT2D eigenvalue weighted by molar-refractivity contribution is 5.26. The Hall–Kier alpha value is -1.16. The van der Waals surface area contributed by atoms with Crippen molar-refractivity contribution in [1.82, 2.24) is 9.97 Å². The maximum absolute atomic E-state index is 5.23. The monoisotopic (exact) mass is 179 g/mol. The first kappa shape index (κ1) is 8.44. The van der Waals surface area contributed by atoms with Crippen molar-refractivity contribution in [3.8, 4) is 0 Å². The molecule has 4 heteroatoms. The summed E-state index contributed by atoms with van der Waals surface area (Å²) in [6.45, 7) is 3.57. The molecule has 70 valence electrons. The van der Waals surface area contributed by atoms with Crippen LogP contribution in [0.15, 0.2) is 12.4 Å². The second-order valence-electron chi connectivity index (χ2n) is 3.29. The Morgan fingerprint density at radius 1 is 1.46 bits per heavy atom. The molecule has 2 heterocycles. The van der Waals surface area contributed by atoms with E-state index in [1.165, 1.54) is 0 Å². The minimum atomic E-state index is 0.378. The van der Waals surface area contributed by atoms with Crippen molar-refractivity contribution in [3.63, 3.8) is 0 Å². The van der Waals surface area contributed by atoms with Crippen LogP contribution in [-0.4, -0.2) is 29.2 Å². The Labute approximate surface area is 77.4 Å². The van der Waals surface area contributed by atoms with Crippen molar-refractivity contribution < 1.29 is 4.74 Å². The number of aryl methyl sites for hydroxylation is 1. The third kappa shape index (κ3) is 2.15. The molecule has 1 aliphatic heterocycles. The predicted octanol–water partition coefficient (Wildman–Crippen LogP) is 0.986. The van der Waals surface area contributed by atoms with Crippen LogP contribution >= 0.6 is 0 Å². The van der Waals surface area contributed by atoms with E-state index in [0.717, 1.165) is 25.2 Å². The van der Waals surface area contributed by atoms with Gasteiger partial charge in [-0.05, 0) is 18.9 Å². The van der Waals surface area contributed by atoms with Crippen molar-refractivity contribution >= 4 is 5.95 Å². The highest BCUT2D eigenvalue weighted by Gasteiger charge is 2.15. The zero-order valence-corrected chi connectivity index (χ0v) is 7.66. The molecule has 1 unspecified atom stereocenters. The Bertz CT molecular complexity index is 267. The lowest BCUT2D eigenvalue weighted by molar-refractivity contribution is 0.195. The SMILES string of the molecule is Cc1cnc(NC2CCOC2)nc1. The van der Waals surface area contributed by atoms with Gasteiger partial charge in [0.15, 0.2) is 0 Å². The molecule has 0 amide bonds. The number of hydrogen-bond acceptors (Lipinski definition) is 4. The molecule has 2 rings (SSSR count). The maximum atomic E-state index is 5.23.